The lowest BCUT2D eigenvalue weighted by Gasteiger charge is -2.18. The average Bonchev–Trinajstić information content (AvgIpc) is 3.20. The van der Waals surface area contributed by atoms with E-state index < -0.39 is 48.7 Å². The Bertz CT molecular complexity index is 723. The predicted molar refractivity (Wildman–Crippen MR) is 87.8 cm³/mol. The van der Waals surface area contributed by atoms with Crippen LogP contribution in [0.3, 0.4) is 0 Å². The number of carbonyl (C=O) groups is 2. The van der Waals surface area contributed by atoms with Crippen LogP contribution in [0.25, 0.3) is 0 Å². The Balaban J connectivity index is 2.18. The van der Waals surface area contributed by atoms with Gasteiger partial charge in [-0.3, -0.25) is 9.59 Å². The summed E-state index contributed by atoms with van der Waals surface area (Å²) in [6.07, 6.45) is -7.25. The number of anilines is 1. The fraction of sp³-hybridized carbons (Fsp3) is 0.529. The van der Waals surface area contributed by atoms with Crippen LogP contribution in [0.5, 0.6) is 0 Å². The van der Waals surface area contributed by atoms with Crippen LogP contribution in [-0.2, 0) is 14.3 Å². The number of nitrogens with one attached hydrogen (secondary N) is 1. The van der Waals surface area contributed by atoms with Gasteiger partial charge in [-0.25, -0.2) is 8.78 Å². The van der Waals surface area contributed by atoms with Crippen LogP contribution in [0, 0.1) is 5.92 Å². The maximum absolute atomic E-state index is 13.5. The molecular formula is C17H17ClF5NO3. The van der Waals surface area contributed by atoms with Crippen molar-refractivity contribution < 1.29 is 36.3 Å². The minimum atomic E-state index is -4.48. The Morgan fingerprint density at radius 2 is 2.00 bits per heavy atom. The molecule has 2 unspecified atom stereocenters. The molecule has 2 atom stereocenters. The van der Waals surface area contributed by atoms with Crippen LogP contribution in [0.15, 0.2) is 18.2 Å². The van der Waals surface area contributed by atoms with E-state index in [9.17, 15) is 31.5 Å². The minimum Gasteiger partial charge on any atom is -0.469 e. The van der Waals surface area contributed by atoms with Gasteiger partial charge < -0.3 is 10.1 Å². The Labute approximate surface area is 157 Å². The molecule has 27 heavy (non-hydrogen) atoms. The summed E-state index contributed by atoms with van der Waals surface area (Å²) in [5.74, 6) is -6.42. The first-order valence-electron chi connectivity index (χ1n) is 8.03. The maximum atomic E-state index is 13.5. The average molecular weight is 414 g/mol. The molecule has 0 radical (unpaired) electrons. The second-order valence-corrected chi connectivity index (χ2v) is 6.77. The van der Waals surface area contributed by atoms with E-state index in [4.69, 9.17) is 11.6 Å². The molecule has 4 nitrogen and oxygen atoms in total. The minimum absolute atomic E-state index is 0.000160. The summed E-state index contributed by atoms with van der Waals surface area (Å²) in [7, 11) is 1.14. The number of amides is 1. The second-order valence-electron chi connectivity index (χ2n) is 6.36. The van der Waals surface area contributed by atoms with Gasteiger partial charge >= 0.3 is 12.1 Å². The van der Waals surface area contributed by atoms with Gasteiger partial charge in [0.1, 0.15) is 0 Å². The molecule has 1 amide bonds. The lowest BCUT2D eigenvalue weighted by atomic mass is 9.90. The molecule has 0 spiro atoms. The number of ether oxygens (including phenoxy) is 1. The summed E-state index contributed by atoms with van der Waals surface area (Å²) in [6, 6.07) is 4.08. The highest BCUT2D eigenvalue weighted by atomic mass is 35.5. The van der Waals surface area contributed by atoms with Crippen molar-refractivity contribution in [1.29, 1.82) is 0 Å². The van der Waals surface area contributed by atoms with Gasteiger partial charge in [0.05, 0.1) is 30.7 Å². The van der Waals surface area contributed by atoms with Crippen molar-refractivity contribution in [2.45, 2.75) is 43.7 Å². The molecule has 10 heteroatoms. The molecular weight excluding hydrogens is 397 g/mol. The van der Waals surface area contributed by atoms with Crippen molar-refractivity contribution in [3.05, 3.63) is 28.8 Å². The number of benzene rings is 1. The van der Waals surface area contributed by atoms with E-state index >= 15 is 0 Å². The number of rotatable bonds is 7. The monoisotopic (exact) mass is 413 g/mol. The van der Waals surface area contributed by atoms with Crippen molar-refractivity contribution >= 4 is 29.2 Å². The maximum Gasteiger partial charge on any atom is 0.389 e. The quantitative estimate of drug-likeness (QED) is 0.510. The molecule has 1 aliphatic rings. The number of alkyl halides is 5. The molecule has 0 bridgehead atoms. The standard InChI is InChI=1S/C17H17ClF5NO3/c1-27-15(26)7-10(11-8-16(11,19)20)9-2-3-12(18)13(6-9)24-14(25)4-5-17(21,22)23/h2-3,6,10-11H,4-5,7-8H2,1H3,(H,24,25). The third-order valence-electron chi connectivity index (χ3n) is 4.30. The topological polar surface area (TPSA) is 55.4 Å². The molecule has 1 fully saturated rings. The van der Waals surface area contributed by atoms with E-state index in [0.29, 0.717) is 5.56 Å². The zero-order valence-corrected chi connectivity index (χ0v) is 15.0. The summed E-state index contributed by atoms with van der Waals surface area (Å²) >= 11 is 5.94. The number of carbonyl (C=O) groups excluding carboxylic acids is 2. The molecule has 0 saturated heterocycles. The second kappa shape index (κ2) is 8.00. The first-order chi connectivity index (χ1) is 12.4. The number of hydrogen-bond acceptors (Lipinski definition) is 3. The van der Waals surface area contributed by atoms with Gasteiger partial charge in [0.2, 0.25) is 5.91 Å². The van der Waals surface area contributed by atoms with E-state index in [0.717, 1.165) is 7.11 Å². The number of hydrogen-bond donors (Lipinski definition) is 1. The van der Waals surface area contributed by atoms with Crippen molar-refractivity contribution in [3.8, 4) is 0 Å². The third kappa shape index (κ3) is 6.05. The van der Waals surface area contributed by atoms with Gasteiger partial charge in [-0.15, -0.1) is 0 Å². The van der Waals surface area contributed by atoms with E-state index in [1.807, 2.05) is 0 Å². The van der Waals surface area contributed by atoms with E-state index in [1.54, 1.807) is 0 Å². The summed E-state index contributed by atoms with van der Waals surface area (Å²) in [4.78, 5) is 23.3. The first kappa shape index (κ1) is 21.4. The van der Waals surface area contributed by atoms with Crippen LogP contribution in [0.4, 0.5) is 27.6 Å². The van der Waals surface area contributed by atoms with Crippen molar-refractivity contribution in [2.24, 2.45) is 5.92 Å². The Kier molecular flexibility index (Phi) is 6.34. The fourth-order valence-electron chi connectivity index (χ4n) is 2.76. The highest BCUT2D eigenvalue weighted by Gasteiger charge is 2.60. The summed E-state index contributed by atoms with van der Waals surface area (Å²) < 4.78 is 68.2. The third-order valence-corrected chi connectivity index (χ3v) is 4.63. The number of halogens is 6. The number of methoxy groups -OCH3 is 1. The summed E-state index contributed by atoms with van der Waals surface area (Å²) in [6.45, 7) is 0. The molecule has 1 saturated carbocycles. The van der Waals surface area contributed by atoms with E-state index in [-0.39, 0.29) is 23.6 Å². The van der Waals surface area contributed by atoms with Crippen molar-refractivity contribution in [2.75, 3.05) is 12.4 Å². The van der Waals surface area contributed by atoms with Gasteiger partial charge in [0, 0.05) is 24.7 Å². The lowest BCUT2D eigenvalue weighted by Crippen LogP contribution is -2.17. The largest absolute Gasteiger partial charge is 0.469 e. The molecule has 1 aromatic rings. The number of esters is 1. The SMILES string of the molecule is COC(=O)CC(c1ccc(Cl)c(NC(=O)CCC(F)(F)F)c1)C1CC1(F)F. The molecule has 0 aromatic heterocycles. The molecule has 1 N–H and O–H groups in total. The van der Waals surface area contributed by atoms with Crippen LogP contribution >= 0.6 is 11.6 Å². The lowest BCUT2D eigenvalue weighted by molar-refractivity contribution is -0.142. The Morgan fingerprint density at radius 3 is 2.52 bits per heavy atom. The highest BCUT2D eigenvalue weighted by Crippen LogP contribution is 2.57. The molecule has 150 valence electrons. The van der Waals surface area contributed by atoms with Crippen LogP contribution in [-0.4, -0.2) is 31.1 Å². The van der Waals surface area contributed by atoms with E-state index in [1.165, 1.54) is 18.2 Å². The smallest absolute Gasteiger partial charge is 0.389 e. The fourth-order valence-corrected chi connectivity index (χ4v) is 2.93. The molecule has 1 aromatic carbocycles. The Hall–Kier alpha value is -1.90. The van der Waals surface area contributed by atoms with Gasteiger partial charge in [-0.2, -0.15) is 13.2 Å². The van der Waals surface area contributed by atoms with Crippen molar-refractivity contribution in [1.82, 2.24) is 0 Å². The zero-order valence-electron chi connectivity index (χ0n) is 14.2. The van der Waals surface area contributed by atoms with Crippen LogP contribution in [0.1, 0.15) is 37.2 Å². The first-order valence-corrected chi connectivity index (χ1v) is 8.41. The summed E-state index contributed by atoms with van der Waals surface area (Å²) in [5, 5.41) is 2.29. The summed E-state index contributed by atoms with van der Waals surface area (Å²) in [5.41, 5.74) is 0.318. The molecule has 1 aliphatic carbocycles. The van der Waals surface area contributed by atoms with Crippen molar-refractivity contribution in [3.63, 3.8) is 0 Å². The van der Waals surface area contributed by atoms with Gasteiger partial charge in [0.15, 0.2) is 0 Å². The van der Waals surface area contributed by atoms with E-state index in [2.05, 4.69) is 10.1 Å². The zero-order chi connectivity index (χ0) is 20.4. The van der Waals surface area contributed by atoms with Crippen LogP contribution < -0.4 is 5.32 Å². The van der Waals surface area contributed by atoms with Crippen LogP contribution in [0.2, 0.25) is 5.02 Å². The van der Waals surface area contributed by atoms with Gasteiger partial charge in [0.25, 0.3) is 5.92 Å². The molecule has 0 aliphatic heterocycles. The molecule has 2 rings (SSSR count). The normalized spacial score (nSPS) is 19.3. The van der Waals surface area contributed by atoms with Gasteiger partial charge in [-0.05, 0) is 17.7 Å². The predicted octanol–water partition coefficient (Wildman–Crippen LogP) is 4.92. The highest BCUT2D eigenvalue weighted by molar-refractivity contribution is 6.33. The molecule has 0 heterocycles. The van der Waals surface area contributed by atoms with Gasteiger partial charge in [-0.1, -0.05) is 17.7 Å². The Morgan fingerprint density at radius 1 is 1.37 bits per heavy atom.